The fraction of sp³-hybridized carbons (Fsp3) is 0.450. The summed E-state index contributed by atoms with van der Waals surface area (Å²) in [5.74, 6) is -0.832. The number of anilines is 1. The first kappa shape index (κ1) is 16.1. The van der Waals surface area contributed by atoms with E-state index in [1.165, 1.54) is 4.90 Å². The number of carbonyl (C=O) groups excluding carboxylic acids is 3. The van der Waals surface area contributed by atoms with Gasteiger partial charge in [-0.3, -0.25) is 19.3 Å². The molecule has 3 aliphatic rings. The molecule has 0 unspecified atom stereocenters. The van der Waals surface area contributed by atoms with Gasteiger partial charge in [-0.05, 0) is 42.7 Å². The molecule has 1 N–H and O–H groups in total. The predicted molar refractivity (Wildman–Crippen MR) is 93.6 cm³/mol. The topological polar surface area (TPSA) is 66.5 Å². The van der Waals surface area contributed by atoms with Crippen LogP contribution in [0.3, 0.4) is 0 Å². The zero-order valence-corrected chi connectivity index (χ0v) is 14.5. The third-order valence-electron chi connectivity index (χ3n) is 5.87. The third-order valence-corrected chi connectivity index (χ3v) is 5.87. The molecule has 1 saturated carbocycles. The highest BCUT2D eigenvalue weighted by Crippen LogP contribution is 2.52. The molecule has 2 aliphatic carbocycles. The van der Waals surface area contributed by atoms with E-state index in [9.17, 15) is 14.4 Å². The molecule has 1 aromatic carbocycles. The SMILES string of the molecule is CCc1cccc(C)c1NC(=O)CN1C(=O)[C@@H]2[C@@H](C1=O)[C@H]1C=C[C@H]2C1. The van der Waals surface area contributed by atoms with Gasteiger partial charge in [-0.2, -0.15) is 0 Å². The number of nitrogens with zero attached hydrogens (tertiary/aromatic N) is 1. The van der Waals surface area contributed by atoms with Gasteiger partial charge in [-0.1, -0.05) is 37.3 Å². The Kier molecular flexibility index (Phi) is 3.74. The highest BCUT2D eigenvalue weighted by Gasteiger charge is 2.59. The minimum absolute atomic E-state index is 0.169. The van der Waals surface area contributed by atoms with Gasteiger partial charge in [0, 0.05) is 5.69 Å². The second-order valence-corrected chi connectivity index (χ2v) is 7.27. The van der Waals surface area contributed by atoms with Crippen LogP contribution in [0.2, 0.25) is 0 Å². The van der Waals surface area contributed by atoms with E-state index in [1.54, 1.807) is 0 Å². The van der Waals surface area contributed by atoms with Crippen LogP contribution < -0.4 is 5.32 Å². The van der Waals surface area contributed by atoms with Gasteiger partial charge in [-0.15, -0.1) is 0 Å². The van der Waals surface area contributed by atoms with Crippen molar-refractivity contribution in [2.75, 3.05) is 11.9 Å². The quantitative estimate of drug-likeness (QED) is 0.677. The number of hydrogen-bond acceptors (Lipinski definition) is 3. The summed E-state index contributed by atoms with van der Waals surface area (Å²) in [6.07, 6.45) is 5.82. The Balaban J connectivity index is 1.49. The van der Waals surface area contributed by atoms with E-state index in [0.717, 1.165) is 29.7 Å². The van der Waals surface area contributed by atoms with Gasteiger partial charge in [0.1, 0.15) is 6.54 Å². The molecule has 1 saturated heterocycles. The Bertz CT molecular complexity index is 768. The van der Waals surface area contributed by atoms with Crippen molar-refractivity contribution in [3.05, 3.63) is 41.5 Å². The molecule has 3 amide bonds. The van der Waals surface area contributed by atoms with Crippen LogP contribution in [-0.2, 0) is 20.8 Å². The first-order valence-corrected chi connectivity index (χ1v) is 8.93. The van der Waals surface area contributed by atoms with Crippen molar-refractivity contribution in [1.29, 1.82) is 0 Å². The Morgan fingerprint density at radius 1 is 1.16 bits per heavy atom. The fourth-order valence-corrected chi connectivity index (χ4v) is 4.64. The number of likely N-dealkylation sites (tertiary alicyclic amines) is 1. The molecule has 1 aromatic rings. The van der Waals surface area contributed by atoms with Crippen LogP contribution in [0, 0.1) is 30.6 Å². The summed E-state index contributed by atoms with van der Waals surface area (Å²) in [7, 11) is 0. The smallest absolute Gasteiger partial charge is 0.244 e. The monoisotopic (exact) mass is 338 g/mol. The summed E-state index contributed by atoms with van der Waals surface area (Å²) >= 11 is 0. The lowest BCUT2D eigenvalue weighted by atomic mass is 9.85. The summed E-state index contributed by atoms with van der Waals surface area (Å²) in [6, 6.07) is 5.87. The van der Waals surface area contributed by atoms with Crippen molar-refractivity contribution >= 4 is 23.4 Å². The zero-order valence-electron chi connectivity index (χ0n) is 14.5. The summed E-state index contributed by atoms with van der Waals surface area (Å²) in [5.41, 5.74) is 2.81. The lowest BCUT2D eigenvalue weighted by molar-refractivity contribution is -0.143. The number of carbonyl (C=O) groups is 3. The highest BCUT2D eigenvalue weighted by molar-refractivity contribution is 6.09. The number of amides is 3. The van der Waals surface area contributed by atoms with Gasteiger partial charge in [0.05, 0.1) is 11.8 Å². The molecule has 4 rings (SSSR count). The summed E-state index contributed by atoms with van der Waals surface area (Å²) in [4.78, 5) is 39.0. The van der Waals surface area contributed by atoms with Crippen LogP contribution in [0.25, 0.3) is 0 Å². The molecule has 0 radical (unpaired) electrons. The average Bonchev–Trinajstić information content (AvgIpc) is 3.26. The normalized spacial score (nSPS) is 29.4. The van der Waals surface area contributed by atoms with Gasteiger partial charge in [0.15, 0.2) is 0 Å². The van der Waals surface area contributed by atoms with Crippen molar-refractivity contribution in [3.63, 3.8) is 0 Å². The second kappa shape index (κ2) is 5.83. The lowest BCUT2D eigenvalue weighted by Gasteiger charge is -2.18. The van der Waals surface area contributed by atoms with E-state index in [1.807, 2.05) is 32.0 Å². The van der Waals surface area contributed by atoms with E-state index in [2.05, 4.69) is 17.5 Å². The van der Waals surface area contributed by atoms with Crippen LogP contribution in [0.1, 0.15) is 24.5 Å². The maximum atomic E-state index is 12.7. The van der Waals surface area contributed by atoms with Gasteiger partial charge in [0.25, 0.3) is 0 Å². The number of fused-ring (bicyclic) bond motifs is 5. The minimum atomic E-state index is -0.314. The minimum Gasteiger partial charge on any atom is -0.324 e. The molecule has 2 fully saturated rings. The first-order chi connectivity index (χ1) is 12.0. The number of allylic oxidation sites excluding steroid dienone is 2. The van der Waals surface area contributed by atoms with E-state index in [4.69, 9.17) is 0 Å². The number of rotatable bonds is 4. The van der Waals surface area contributed by atoms with Gasteiger partial charge in [-0.25, -0.2) is 0 Å². The molecule has 5 heteroatoms. The second-order valence-electron chi connectivity index (χ2n) is 7.27. The molecule has 5 nitrogen and oxygen atoms in total. The van der Waals surface area contributed by atoms with Crippen LogP contribution in [-0.4, -0.2) is 29.2 Å². The lowest BCUT2D eigenvalue weighted by Crippen LogP contribution is -2.39. The molecule has 0 spiro atoms. The van der Waals surface area contributed by atoms with Crippen molar-refractivity contribution < 1.29 is 14.4 Å². The van der Waals surface area contributed by atoms with Gasteiger partial charge in [0.2, 0.25) is 17.7 Å². The Morgan fingerprint density at radius 3 is 2.40 bits per heavy atom. The van der Waals surface area contributed by atoms with Crippen molar-refractivity contribution in [2.24, 2.45) is 23.7 Å². The third kappa shape index (κ3) is 2.41. The maximum absolute atomic E-state index is 12.7. The summed E-state index contributed by atoms with van der Waals surface area (Å²) < 4.78 is 0. The van der Waals surface area contributed by atoms with Crippen molar-refractivity contribution in [2.45, 2.75) is 26.7 Å². The molecule has 2 bridgehead atoms. The van der Waals surface area contributed by atoms with E-state index in [0.29, 0.717) is 0 Å². The van der Waals surface area contributed by atoms with E-state index < -0.39 is 0 Å². The maximum Gasteiger partial charge on any atom is 0.244 e. The zero-order chi connectivity index (χ0) is 17.7. The standard InChI is InChI=1S/C20H22N2O3/c1-3-12-6-4-5-11(2)18(12)21-15(23)10-22-19(24)16-13-7-8-14(9-13)17(16)20(22)25/h4-8,13-14,16-17H,3,9-10H2,1-2H3,(H,21,23)/t13-,14-,16-,17-/m0/s1. The molecule has 1 heterocycles. The summed E-state index contributed by atoms with van der Waals surface area (Å²) in [6.45, 7) is 3.78. The first-order valence-electron chi connectivity index (χ1n) is 8.93. The average molecular weight is 338 g/mol. The molecule has 0 aromatic heterocycles. The number of nitrogens with one attached hydrogen (secondary N) is 1. The summed E-state index contributed by atoms with van der Waals surface area (Å²) in [5, 5.41) is 2.90. The highest BCUT2D eigenvalue weighted by atomic mass is 16.2. The van der Waals surface area contributed by atoms with E-state index >= 15 is 0 Å². The number of para-hydroxylation sites is 1. The predicted octanol–water partition coefficient (Wildman–Crippen LogP) is 2.30. The number of hydrogen-bond donors (Lipinski definition) is 1. The van der Waals surface area contributed by atoms with Crippen molar-refractivity contribution in [1.82, 2.24) is 4.90 Å². The Labute approximate surface area is 147 Å². The Hall–Kier alpha value is -2.43. The van der Waals surface area contributed by atoms with Crippen LogP contribution in [0.4, 0.5) is 5.69 Å². The molecular weight excluding hydrogens is 316 g/mol. The Morgan fingerprint density at radius 2 is 1.80 bits per heavy atom. The van der Waals surface area contributed by atoms with Crippen LogP contribution >= 0.6 is 0 Å². The van der Waals surface area contributed by atoms with Gasteiger partial charge >= 0.3 is 0 Å². The number of imide groups is 1. The largest absolute Gasteiger partial charge is 0.324 e. The molecule has 1 aliphatic heterocycles. The van der Waals surface area contributed by atoms with Crippen LogP contribution in [0.5, 0.6) is 0 Å². The van der Waals surface area contributed by atoms with Crippen molar-refractivity contribution in [3.8, 4) is 0 Å². The molecule has 130 valence electrons. The molecule has 4 atom stereocenters. The fourth-order valence-electron chi connectivity index (χ4n) is 4.64. The number of aryl methyl sites for hydroxylation is 2. The van der Waals surface area contributed by atoms with Gasteiger partial charge < -0.3 is 5.32 Å². The molecule has 25 heavy (non-hydrogen) atoms. The molecular formula is C20H22N2O3. The van der Waals surface area contributed by atoms with Crippen LogP contribution in [0.15, 0.2) is 30.4 Å². The number of benzene rings is 1. The van der Waals surface area contributed by atoms with E-state index in [-0.39, 0.29) is 47.9 Å².